The molecule has 0 spiro atoms. The Morgan fingerprint density at radius 2 is 1.96 bits per heavy atom. The molecule has 6 nitrogen and oxygen atoms in total. The van der Waals surface area contributed by atoms with E-state index in [1.807, 2.05) is 31.0 Å². The second-order valence-electron chi connectivity index (χ2n) is 6.33. The van der Waals surface area contributed by atoms with Gasteiger partial charge in [0.1, 0.15) is 0 Å². The highest BCUT2D eigenvalue weighted by Crippen LogP contribution is 2.19. The maximum Gasteiger partial charge on any atom is 0.274 e. The van der Waals surface area contributed by atoms with Crippen molar-refractivity contribution in [2.45, 2.75) is 13.5 Å². The fraction of sp³-hybridized carbons (Fsp3) is 0.444. The predicted molar refractivity (Wildman–Crippen MR) is 92.1 cm³/mol. The van der Waals surface area contributed by atoms with Crippen molar-refractivity contribution in [2.24, 2.45) is 7.05 Å². The normalized spacial score (nSPS) is 15.4. The predicted octanol–water partition coefficient (Wildman–Crippen LogP) is 1.83. The number of hydrogen-bond acceptors (Lipinski definition) is 4. The zero-order valence-electron chi connectivity index (χ0n) is 14.8. The van der Waals surface area contributed by atoms with Gasteiger partial charge in [0, 0.05) is 45.5 Å². The molecule has 1 aliphatic rings. The Hall–Kier alpha value is -2.41. The fourth-order valence-corrected chi connectivity index (χ4v) is 3.00. The molecule has 0 aliphatic carbocycles. The van der Waals surface area contributed by atoms with Crippen LogP contribution in [0, 0.1) is 12.7 Å². The Bertz CT molecular complexity index is 747. The Morgan fingerprint density at radius 3 is 2.52 bits per heavy atom. The van der Waals surface area contributed by atoms with Gasteiger partial charge in [0.2, 0.25) is 0 Å². The summed E-state index contributed by atoms with van der Waals surface area (Å²) in [6.07, 6.45) is 0. The van der Waals surface area contributed by atoms with Gasteiger partial charge in [-0.25, -0.2) is 4.39 Å². The molecule has 0 saturated carbocycles. The monoisotopic (exact) mass is 346 g/mol. The van der Waals surface area contributed by atoms with Crippen LogP contribution in [0.4, 0.5) is 4.39 Å². The summed E-state index contributed by atoms with van der Waals surface area (Å²) in [5.74, 6) is -0.122. The van der Waals surface area contributed by atoms with E-state index < -0.39 is 0 Å². The molecule has 1 aromatic heterocycles. The van der Waals surface area contributed by atoms with Crippen molar-refractivity contribution >= 4 is 5.91 Å². The van der Waals surface area contributed by atoms with Gasteiger partial charge < -0.3 is 9.64 Å². The minimum atomic E-state index is -0.348. The summed E-state index contributed by atoms with van der Waals surface area (Å²) in [7, 11) is 3.29. The number of rotatable bonds is 4. The minimum absolute atomic E-state index is 0.0289. The summed E-state index contributed by atoms with van der Waals surface area (Å²) >= 11 is 0. The number of amides is 1. The number of carbonyl (C=O) groups excluding carboxylic acids is 1. The molecule has 0 atom stereocenters. The van der Waals surface area contributed by atoms with Crippen molar-refractivity contribution in [1.29, 1.82) is 0 Å². The molecule has 1 saturated heterocycles. The molecule has 1 fully saturated rings. The Kier molecular flexibility index (Phi) is 5.03. The van der Waals surface area contributed by atoms with E-state index in [0.29, 0.717) is 25.3 Å². The van der Waals surface area contributed by atoms with Crippen LogP contribution in [0.5, 0.6) is 5.75 Å². The highest BCUT2D eigenvalue weighted by molar-refractivity contribution is 5.92. The Labute approximate surface area is 146 Å². The van der Waals surface area contributed by atoms with Gasteiger partial charge in [-0.05, 0) is 30.7 Å². The molecule has 0 unspecified atom stereocenters. The van der Waals surface area contributed by atoms with Gasteiger partial charge >= 0.3 is 0 Å². The number of hydrogen-bond donors (Lipinski definition) is 0. The average Bonchev–Trinajstić information content (AvgIpc) is 2.94. The number of halogens is 1. The van der Waals surface area contributed by atoms with Gasteiger partial charge in [0.05, 0.1) is 7.11 Å². The number of piperazine rings is 1. The molecule has 1 aromatic carbocycles. The van der Waals surface area contributed by atoms with Crippen LogP contribution in [0.2, 0.25) is 0 Å². The van der Waals surface area contributed by atoms with E-state index in [2.05, 4.69) is 10.00 Å². The molecule has 3 rings (SSSR count). The molecular formula is C18H23FN4O2. The fourth-order valence-electron chi connectivity index (χ4n) is 3.00. The molecule has 1 aliphatic heterocycles. The summed E-state index contributed by atoms with van der Waals surface area (Å²) in [6.45, 7) is 5.39. The highest BCUT2D eigenvalue weighted by atomic mass is 19.1. The van der Waals surface area contributed by atoms with Crippen molar-refractivity contribution in [3.8, 4) is 5.75 Å². The van der Waals surface area contributed by atoms with Gasteiger partial charge in [0.15, 0.2) is 17.3 Å². The molecule has 134 valence electrons. The topological polar surface area (TPSA) is 50.6 Å². The first-order valence-corrected chi connectivity index (χ1v) is 8.32. The third-order valence-electron chi connectivity index (χ3n) is 4.61. The smallest absolute Gasteiger partial charge is 0.274 e. The van der Waals surface area contributed by atoms with E-state index in [4.69, 9.17) is 4.74 Å². The molecular weight excluding hydrogens is 323 g/mol. The van der Waals surface area contributed by atoms with Crippen LogP contribution in [0.3, 0.4) is 0 Å². The Balaban J connectivity index is 1.56. The van der Waals surface area contributed by atoms with Gasteiger partial charge in [-0.1, -0.05) is 6.07 Å². The van der Waals surface area contributed by atoms with Gasteiger partial charge in [-0.3, -0.25) is 14.4 Å². The Morgan fingerprint density at radius 1 is 1.24 bits per heavy atom. The summed E-state index contributed by atoms with van der Waals surface area (Å²) in [6, 6.07) is 6.84. The minimum Gasteiger partial charge on any atom is -0.494 e. The molecule has 0 bridgehead atoms. The first-order chi connectivity index (χ1) is 12.0. The SMILES string of the molecule is COc1ccc(CN2CCN(C(=O)c3cc(C)n(C)n3)CC2)cc1F. The number of aryl methyl sites for hydroxylation is 2. The summed E-state index contributed by atoms with van der Waals surface area (Å²) in [5.41, 5.74) is 2.35. The van der Waals surface area contributed by atoms with E-state index in [1.54, 1.807) is 10.7 Å². The lowest BCUT2D eigenvalue weighted by molar-refractivity contribution is 0.0622. The van der Waals surface area contributed by atoms with E-state index in [9.17, 15) is 9.18 Å². The lowest BCUT2D eigenvalue weighted by atomic mass is 10.1. The number of aromatic nitrogens is 2. The van der Waals surface area contributed by atoms with Crippen molar-refractivity contribution in [2.75, 3.05) is 33.3 Å². The van der Waals surface area contributed by atoms with Crippen LogP contribution in [-0.2, 0) is 13.6 Å². The van der Waals surface area contributed by atoms with Crippen molar-refractivity contribution in [3.05, 3.63) is 47.0 Å². The molecule has 0 N–H and O–H groups in total. The second kappa shape index (κ2) is 7.23. The second-order valence-corrected chi connectivity index (χ2v) is 6.33. The number of ether oxygens (including phenoxy) is 1. The molecule has 7 heteroatoms. The van der Waals surface area contributed by atoms with E-state index in [-0.39, 0.29) is 17.5 Å². The van der Waals surface area contributed by atoms with Crippen molar-refractivity contribution in [3.63, 3.8) is 0 Å². The van der Waals surface area contributed by atoms with Crippen LogP contribution < -0.4 is 4.74 Å². The third kappa shape index (κ3) is 3.82. The van der Waals surface area contributed by atoms with Gasteiger partial charge in [0.25, 0.3) is 5.91 Å². The van der Waals surface area contributed by atoms with Crippen molar-refractivity contribution in [1.82, 2.24) is 19.6 Å². The lowest BCUT2D eigenvalue weighted by Crippen LogP contribution is -2.48. The molecule has 2 heterocycles. The molecule has 0 radical (unpaired) electrons. The number of nitrogens with zero attached hydrogens (tertiary/aromatic N) is 4. The largest absolute Gasteiger partial charge is 0.494 e. The van der Waals surface area contributed by atoms with Crippen LogP contribution in [0.15, 0.2) is 24.3 Å². The zero-order chi connectivity index (χ0) is 18.0. The van der Waals surface area contributed by atoms with E-state index in [0.717, 1.165) is 24.3 Å². The van der Waals surface area contributed by atoms with Gasteiger partial charge in [-0.2, -0.15) is 5.10 Å². The average molecular weight is 346 g/mol. The third-order valence-corrected chi connectivity index (χ3v) is 4.61. The zero-order valence-corrected chi connectivity index (χ0v) is 14.8. The van der Waals surface area contributed by atoms with Crippen LogP contribution in [0.1, 0.15) is 21.7 Å². The number of benzene rings is 1. The summed E-state index contributed by atoms with van der Waals surface area (Å²) in [5, 5.41) is 4.26. The maximum absolute atomic E-state index is 13.8. The highest BCUT2D eigenvalue weighted by Gasteiger charge is 2.24. The standard InChI is InChI=1S/C18H23FN4O2/c1-13-10-16(20-21(13)2)18(24)23-8-6-22(7-9-23)12-14-4-5-17(25-3)15(19)11-14/h4-5,10-11H,6-9,12H2,1-3H3. The molecule has 2 aromatic rings. The maximum atomic E-state index is 13.8. The first kappa shape index (κ1) is 17.4. The molecule has 25 heavy (non-hydrogen) atoms. The van der Waals surface area contributed by atoms with E-state index >= 15 is 0 Å². The van der Waals surface area contributed by atoms with E-state index in [1.165, 1.54) is 13.2 Å². The molecule has 1 amide bonds. The summed E-state index contributed by atoms with van der Waals surface area (Å²) < 4.78 is 20.4. The number of carbonyl (C=O) groups is 1. The quantitative estimate of drug-likeness (QED) is 0.848. The van der Waals surface area contributed by atoms with Crippen LogP contribution >= 0.6 is 0 Å². The van der Waals surface area contributed by atoms with Crippen LogP contribution in [0.25, 0.3) is 0 Å². The van der Waals surface area contributed by atoms with Crippen molar-refractivity contribution < 1.29 is 13.9 Å². The number of methoxy groups -OCH3 is 1. The summed E-state index contributed by atoms with van der Waals surface area (Å²) in [4.78, 5) is 16.6. The van der Waals surface area contributed by atoms with Crippen LogP contribution in [-0.4, -0.2) is 58.8 Å². The first-order valence-electron chi connectivity index (χ1n) is 8.32. The lowest BCUT2D eigenvalue weighted by Gasteiger charge is -2.34. The van der Waals surface area contributed by atoms with Gasteiger partial charge in [-0.15, -0.1) is 0 Å².